The normalized spacial score (nSPS) is 12.7. The smallest absolute Gasteiger partial charge is 0.0851 e. The number of aliphatic hydroxyl groups is 1. The molecule has 0 amide bonds. The highest BCUT2D eigenvalue weighted by molar-refractivity contribution is 6.32. The molecule has 0 radical (unpaired) electrons. The molecule has 1 aromatic carbocycles. The van der Waals surface area contributed by atoms with E-state index in [2.05, 4.69) is 5.10 Å². The lowest BCUT2D eigenvalue weighted by molar-refractivity contribution is 0.175. The van der Waals surface area contributed by atoms with E-state index in [-0.39, 0.29) is 0 Å². The van der Waals surface area contributed by atoms with Crippen molar-refractivity contribution in [3.05, 3.63) is 50.8 Å². The molecule has 0 aliphatic carbocycles. The molecule has 0 spiro atoms. The zero-order chi connectivity index (χ0) is 15.6. The van der Waals surface area contributed by atoms with Gasteiger partial charge < -0.3 is 5.11 Å². The van der Waals surface area contributed by atoms with Gasteiger partial charge in [-0.3, -0.25) is 4.68 Å². The number of hydrogen-bond donors (Lipinski definition) is 1. The Bertz CT molecular complexity index is 617. The first-order chi connectivity index (χ1) is 9.96. The fourth-order valence-corrected chi connectivity index (χ4v) is 3.11. The van der Waals surface area contributed by atoms with Crippen molar-refractivity contribution in [2.45, 2.75) is 46.3 Å². The molecule has 0 fully saturated rings. The van der Waals surface area contributed by atoms with Crippen LogP contribution in [-0.4, -0.2) is 14.9 Å². The summed E-state index contributed by atoms with van der Waals surface area (Å²) in [7, 11) is 0. The van der Waals surface area contributed by atoms with Gasteiger partial charge in [0.15, 0.2) is 0 Å². The molecule has 21 heavy (non-hydrogen) atoms. The third-order valence-corrected chi connectivity index (χ3v) is 4.18. The van der Waals surface area contributed by atoms with E-state index in [1.165, 1.54) is 0 Å². The second kappa shape index (κ2) is 6.82. The van der Waals surface area contributed by atoms with Crippen LogP contribution < -0.4 is 0 Å². The number of aliphatic hydroxyl groups excluding tert-OH is 1. The lowest BCUT2D eigenvalue weighted by Crippen LogP contribution is -2.09. The van der Waals surface area contributed by atoms with Gasteiger partial charge in [0.25, 0.3) is 0 Å². The summed E-state index contributed by atoms with van der Waals surface area (Å²) in [6, 6.07) is 5.61. The maximum absolute atomic E-state index is 10.5. The largest absolute Gasteiger partial charge is 0.388 e. The minimum Gasteiger partial charge on any atom is -0.388 e. The third kappa shape index (κ3) is 3.60. The zero-order valence-electron chi connectivity index (χ0n) is 12.5. The minimum atomic E-state index is -0.647. The van der Waals surface area contributed by atoms with Gasteiger partial charge in [0.1, 0.15) is 0 Å². The topological polar surface area (TPSA) is 38.0 Å². The molecule has 0 aliphatic heterocycles. The Morgan fingerprint density at radius 1 is 1.24 bits per heavy atom. The lowest BCUT2D eigenvalue weighted by Gasteiger charge is -2.13. The van der Waals surface area contributed by atoms with Gasteiger partial charge in [-0.05, 0) is 43.5 Å². The summed E-state index contributed by atoms with van der Waals surface area (Å²) in [6.07, 6.45) is 0.566. The second-order valence-electron chi connectivity index (χ2n) is 5.16. The van der Waals surface area contributed by atoms with Crippen LogP contribution in [-0.2, 0) is 19.4 Å². The first kappa shape index (κ1) is 16.3. The SMILES string of the molecule is CCc1nn(CC)c(CC(O)c2cc(C)cc(Cl)c2)c1Cl. The Kier molecular flexibility index (Phi) is 5.31. The van der Waals surface area contributed by atoms with Gasteiger partial charge >= 0.3 is 0 Å². The molecular weight excluding hydrogens is 307 g/mol. The van der Waals surface area contributed by atoms with Crippen molar-refractivity contribution in [1.82, 2.24) is 9.78 Å². The molecular formula is C16H20Cl2N2O. The van der Waals surface area contributed by atoms with E-state index in [0.717, 1.165) is 35.5 Å². The van der Waals surface area contributed by atoms with Gasteiger partial charge in [-0.1, -0.05) is 36.2 Å². The molecule has 1 unspecified atom stereocenters. The average molecular weight is 327 g/mol. The lowest BCUT2D eigenvalue weighted by atomic mass is 10.0. The van der Waals surface area contributed by atoms with Gasteiger partial charge in [0, 0.05) is 18.0 Å². The number of hydrogen-bond acceptors (Lipinski definition) is 2. The van der Waals surface area contributed by atoms with Crippen molar-refractivity contribution in [1.29, 1.82) is 0 Å². The summed E-state index contributed by atoms with van der Waals surface area (Å²) in [5.74, 6) is 0. The zero-order valence-corrected chi connectivity index (χ0v) is 14.0. The molecule has 2 aromatic rings. The van der Waals surface area contributed by atoms with E-state index in [1.54, 1.807) is 6.07 Å². The molecule has 1 aromatic heterocycles. The van der Waals surface area contributed by atoms with Gasteiger partial charge in [-0.2, -0.15) is 5.10 Å². The first-order valence-corrected chi connectivity index (χ1v) is 7.91. The van der Waals surface area contributed by atoms with Crippen LogP contribution in [0.3, 0.4) is 0 Å². The Morgan fingerprint density at radius 3 is 2.52 bits per heavy atom. The van der Waals surface area contributed by atoms with Crippen molar-refractivity contribution in [2.75, 3.05) is 0 Å². The van der Waals surface area contributed by atoms with Crippen LogP contribution >= 0.6 is 23.2 Å². The fourth-order valence-electron chi connectivity index (χ4n) is 2.47. The molecule has 5 heteroatoms. The Balaban J connectivity index is 2.30. The molecule has 0 aliphatic rings. The summed E-state index contributed by atoms with van der Waals surface area (Å²) in [6.45, 7) is 6.73. The van der Waals surface area contributed by atoms with E-state index in [9.17, 15) is 5.11 Å². The van der Waals surface area contributed by atoms with Crippen molar-refractivity contribution in [3.8, 4) is 0 Å². The van der Waals surface area contributed by atoms with E-state index >= 15 is 0 Å². The summed E-state index contributed by atoms with van der Waals surface area (Å²) < 4.78 is 1.86. The number of aryl methyl sites for hydroxylation is 3. The highest BCUT2D eigenvalue weighted by Crippen LogP contribution is 2.28. The van der Waals surface area contributed by atoms with Crippen LogP contribution in [0.5, 0.6) is 0 Å². The van der Waals surface area contributed by atoms with Crippen molar-refractivity contribution >= 4 is 23.2 Å². The molecule has 3 nitrogen and oxygen atoms in total. The number of halogens is 2. The molecule has 1 atom stereocenters. The summed E-state index contributed by atoms with van der Waals surface area (Å²) in [5, 5.41) is 16.3. The van der Waals surface area contributed by atoms with Crippen LogP contribution in [0.4, 0.5) is 0 Å². The van der Waals surface area contributed by atoms with Crippen LogP contribution in [0, 0.1) is 6.92 Å². The standard InChI is InChI=1S/C16H20Cl2N2O/c1-4-13-16(18)14(20(5-2)19-13)9-15(21)11-6-10(3)7-12(17)8-11/h6-8,15,21H,4-5,9H2,1-3H3. The van der Waals surface area contributed by atoms with Gasteiger partial charge in [0.05, 0.1) is 22.5 Å². The summed E-state index contributed by atoms with van der Waals surface area (Å²) in [4.78, 5) is 0. The number of aromatic nitrogens is 2. The Morgan fingerprint density at radius 2 is 1.95 bits per heavy atom. The highest BCUT2D eigenvalue weighted by atomic mass is 35.5. The maximum Gasteiger partial charge on any atom is 0.0851 e. The summed E-state index contributed by atoms with van der Waals surface area (Å²) >= 11 is 12.4. The van der Waals surface area contributed by atoms with Crippen LogP contribution in [0.15, 0.2) is 18.2 Å². The minimum absolute atomic E-state index is 0.430. The van der Waals surface area contributed by atoms with Crippen molar-refractivity contribution in [3.63, 3.8) is 0 Å². The molecule has 1 N–H and O–H groups in total. The van der Waals surface area contributed by atoms with Gasteiger partial charge in [0.2, 0.25) is 0 Å². The monoisotopic (exact) mass is 326 g/mol. The van der Waals surface area contributed by atoms with Crippen LogP contribution in [0.2, 0.25) is 10.0 Å². The molecule has 0 saturated carbocycles. The predicted molar refractivity (Wildman–Crippen MR) is 87.1 cm³/mol. The van der Waals surface area contributed by atoms with Crippen molar-refractivity contribution in [2.24, 2.45) is 0 Å². The predicted octanol–water partition coefficient (Wildman–Crippen LogP) is 4.36. The molecule has 0 bridgehead atoms. The molecule has 114 valence electrons. The number of nitrogens with zero attached hydrogens (tertiary/aromatic N) is 2. The number of rotatable bonds is 5. The third-order valence-electron chi connectivity index (χ3n) is 3.53. The maximum atomic E-state index is 10.5. The van der Waals surface area contributed by atoms with Crippen LogP contribution in [0.1, 0.15) is 42.5 Å². The van der Waals surface area contributed by atoms with E-state index < -0.39 is 6.10 Å². The van der Waals surface area contributed by atoms with Gasteiger partial charge in [-0.15, -0.1) is 0 Å². The second-order valence-corrected chi connectivity index (χ2v) is 5.97. The van der Waals surface area contributed by atoms with E-state index in [1.807, 2.05) is 37.6 Å². The Hall–Kier alpha value is -1.03. The highest BCUT2D eigenvalue weighted by Gasteiger charge is 2.19. The van der Waals surface area contributed by atoms with E-state index in [0.29, 0.717) is 16.5 Å². The average Bonchev–Trinajstić information content (AvgIpc) is 2.74. The van der Waals surface area contributed by atoms with E-state index in [4.69, 9.17) is 23.2 Å². The summed E-state index contributed by atoms with van der Waals surface area (Å²) in [5.41, 5.74) is 3.59. The van der Waals surface area contributed by atoms with Crippen LogP contribution in [0.25, 0.3) is 0 Å². The fraction of sp³-hybridized carbons (Fsp3) is 0.438. The van der Waals surface area contributed by atoms with Crippen molar-refractivity contribution < 1.29 is 5.11 Å². The molecule has 0 saturated heterocycles. The Labute approximate surface area is 135 Å². The quantitative estimate of drug-likeness (QED) is 0.886. The number of benzene rings is 1. The van der Waals surface area contributed by atoms with Gasteiger partial charge in [-0.25, -0.2) is 0 Å². The molecule has 1 heterocycles. The first-order valence-electron chi connectivity index (χ1n) is 7.15. The molecule has 2 rings (SSSR count).